The van der Waals surface area contributed by atoms with Crippen molar-refractivity contribution in [3.05, 3.63) is 52.3 Å². The molecule has 0 bridgehead atoms. The molecule has 0 fully saturated rings. The van der Waals surface area contributed by atoms with Crippen molar-refractivity contribution in [3.8, 4) is 0 Å². The van der Waals surface area contributed by atoms with Crippen molar-refractivity contribution in [3.63, 3.8) is 0 Å². The molecule has 0 aliphatic carbocycles. The van der Waals surface area contributed by atoms with E-state index in [4.69, 9.17) is 17.3 Å². The molecule has 0 atom stereocenters. The molecule has 0 spiro atoms. The quantitative estimate of drug-likeness (QED) is 0.919. The van der Waals surface area contributed by atoms with Crippen LogP contribution in [0.2, 0.25) is 5.02 Å². The first-order valence-corrected chi connectivity index (χ1v) is 7.12. The van der Waals surface area contributed by atoms with E-state index in [0.717, 1.165) is 23.2 Å². The fourth-order valence-electron chi connectivity index (χ4n) is 2.42. The first kappa shape index (κ1) is 13.8. The van der Waals surface area contributed by atoms with Gasteiger partial charge in [-0.15, -0.1) is 0 Å². The molecular formula is C15H15ClN4O. The molecule has 0 saturated carbocycles. The van der Waals surface area contributed by atoms with Gasteiger partial charge in [0, 0.05) is 17.8 Å². The Morgan fingerprint density at radius 2 is 2.10 bits per heavy atom. The van der Waals surface area contributed by atoms with Crippen molar-refractivity contribution in [1.82, 2.24) is 14.9 Å². The zero-order chi connectivity index (χ0) is 14.8. The van der Waals surface area contributed by atoms with Crippen molar-refractivity contribution >= 4 is 23.5 Å². The van der Waals surface area contributed by atoms with Gasteiger partial charge in [0.05, 0.1) is 18.7 Å². The van der Waals surface area contributed by atoms with Crippen molar-refractivity contribution in [1.29, 1.82) is 0 Å². The van der Waals surface area contributed by atoms with Gasteiger partial charge in [0.1, 0.15) is 0 Å². The third-order valence-corrected chi connectivity index (χ3v) is 3.84. The van der Waals surface area contributed by atoms with Crippen LogP contribution in [0.3, 0.4) is 0 Å². The second kappa shape index (κ2) is 5.69. The van der Waals surface area contributed by atoms with Gasteiger partial charge in [-0.3, -0.25) is 4.79 Å². The average molecular weight is 303 g/mol. The number of anilines is 1. The van der Waals surface area contributed by atoms with Gasteiger partial charge in [-0.2, -0.15) is 0 Å². The Bertz CT molecular complexity index is 672. The zero-order valence-electron chi connectivity index (χ0n) is 11.4. The highest BCUT2D eigenvalue weighted by Gasteiger charge is 2.22. The summed E-state index contributed by atoms with van der Waals surface area (Å²) in [6.45, 7) is 1.18. The van der Waals surface area contributed by atoms with Crippen molar-refractivity contribution in [2.75, 3.05) is 12.3 Å². The minimum Gasteiger partial charge on any atom is -0.368 e. The Kier molecular flexibility index (Phi) is 3.75. The minimum atomic E-state index is 0.0835. The molecule has 2 aromatic rings. The summed E-state index contributed by atoms with van der Waals surface area (Å²) in [7, 11) is 0. The first-order valence-electron chi connectivity index (χ1n) is 6.74. The summed E-state index contributed by atoms with van der Waals surface area (Å²) >= 11 is 5.85. The molecule has 2 N–H and O–H groups in total. The molecule has 1 aromatic carbocycles. The molecule has 3 rings (SSSR count). The Morgan fingerprint density at radius 1 is 1.33 bits per heavy atom. The van der Waals surface area contributed by atoms with E-state index in [9.17, 15) is 4.79 Å². The summed E-state index contributed by atoms with van der Waals surface area (Å²) in [6.07, 6.45) is 2.88. The van der Waals surface area contributed by atoms with Gasteiger partial charge in [0.15, 0.2) is 0 Å². The third kappa shape index (κ3) is 3.13. The minimum absolute atomic E-state index is 0.0835. The lowest BCUT2D eigenvalue weighted by molar-refractivity contribution is -0.131. The molecule has 6 heteroatoms. The number of halogens is 1. The standard InChI is InChI=1S/C15H15ClN4O/c16-12-3-1-10(2-4-12)7-14(21)20-6-5-11-8-18-15(17)19-13(11)9-20/h1-4,8H,5-7,9H2,(H2,17,18,19). The van der Waals surface area contributed by atoms with Crippen LogP contribution in [-0.2, 0) is 24.2 Å². The summed E-state index contributed by atoms with van der Waals surface area (Å²) in [5, 5.41) is 0.672. The van der Waals surface area contributed by atoms with Gasteiger partial charge >= 0.3 is 0 Å². The maximum Gasteiger partial charge on any atom is 0.227 e. The molecule has 5 nitrogen and oxygen atoms in total. The van der Waals surface area contributed by atoms with Crippen LogP contribution in [0.25, 0.3) is 0 Å². The van der Waals surface area contributed by atoms with Crippen LogP contribution in [0.15, 0.2) is 30.5 Å². The van der Waals surface area contributed by atoms with Crippen LogP contribution in [0, 0.1) is 0 Å². The number of carbonyl (C=O) groups excluding carboxylic acids is 1. The van der Waals surface area contributed by atoms with Gasteiger partial charge in [-0.1, -0.05) is 23.7 Å². The molecule has 0 radical (unpaired) electrons. The number of aromatic nitrogens is 2. The fourth-order valence-corrected chi connectivity index (χ4v) is 2.55. The molecule has 1 aliphatic rings. The Morgan fingerprint density at radius 3 is 2.86 bits per heavy atom. The SMILES string of the molecule is Nc1ncc2c(n1)CN(C(=O)Cc1ccc(Cl)cc1)CC2. The summed E-state index contributed by atoms with van der Waals surface area (Å²) in [4.78, 5) is 22.4. The number of amides is 1. The lowest BCUT2D eigenvalue weighted by Gasteiger charge is -2.28. The summed E-state index contributed by atoms with van der Waals surface area (Å²) in [5.41, 5.74) is 8.47. The van der Waals surface area contributed by atoms with E-state index in [1.165, 1.54) is 0 Å². The maximum atomic E-state index is 12.4. The fraction of sp³-hybridized carbons (Fsp3) is 0.267. The van der Waals surface area contributed by atoms with Gasteiger partial charge in [-0.25, -0.2) is 9.97 Å². The monoisotopic (exact) mass is 302 g/mol. The predicted molar refractivity (Wildman–Crippen MR) is 80.7 cm³/mol. The highest BCUT2D eigenvalue weighted by atomic mass is 35.5. The first-order chi connectivity index (χ1) is 10.1. The molecule has 1 aromatic heterocycles. The van der Waals surface area contributed by atoms with Gasteiger partial charge < -0.3 is 10.6 Å². The van der Waals surface area contributed by atoms with Gasteiger partial charge in [-0.05, 0) is 29.7 Å². The van der Waals surface area contributed by atoms with Crippen LogP contribution < -0.4 is 5.73 Å². The molecule has 21 heavy (non-hydrogen) atoms. The molecule has 1 amide bonds. The molecule has 1 aliphatic heterocycles. The van der Waals surface area contributed by atoms with Crippen LogP contribution in [0.4, 0.5) is 5.95 Å². The molecular weight excluding hydrogens is 288 g/mol. The van der Waals surface area contributed by atoms with Crippen LogP contribution in [-0.4, -0.2) is 27.3 Å². The Balaban J connectivity index is 1.70. The van der Waals surface area contributed by atoms with Crippen molar-refractivity contribution in [2.24, 2.45) is 0 Å². The largest absolute Gasteiger partial charge is 0.368 e. The zero-order valence-corrected chi connectivity index (χ0v) is 12.2. The average Bonchev–Trinajstić information content (AvgIpc) is 2.48. The van der Waals surface area contributed by atoms with E-state index in [1.807, 2.05) is 17.0 Å². The second-order valence-electron chi connectivity index (χ2n) is 5.07. The second-order valence-corrected chi connectivity index (χ2v) is 5.51. The van der Waals surface area contributed by atoms with Crippen LogP contribution >= 0.6 is 11.6 Å². The highest BCUT2D eigenvalue weighted by Crippen LogP contribution is 2.18. The van der Waals surface area contributed by atoms with E-state index >= 15 is 0 Å². The number of hydrogen-bond acceptors (Lipinski definition) is 4. The number of nitrogens with zero attached hydrogens (tertiary/aromatic N) is 3. The number of hydrogen-bond donors (Lipinski definition) is 1. The maximum absolute atomic E-state index is 12.4. The highest BCUT2D eigenvalue weighted by molar-refractivity contribution is 6.30. The van der Waals surface area contributed by atoms with E-state index in [1.54, 1.807) is 18.3 Å². The van der Waals surface area contributed by atoms with E-state index < -0.39 is 0 Å². The molecule has 0 saturated heterocycles. The summed E-state index contributed by atoms with van der Waals surface area (Å²) in [6, 6.07) is 7.34. The number of benzene rings is 1. The number of nitrogen functional groups attached to an aromatic ring is 1. The Hall–Kier alpha value is -2.14. The number of nitrogens with two attached hydrogens (primary N) is 1. The van der Waals surface area contributed by atoms with Crippen molar-refractivity contribution in [2.45, 2.75) is 19.4 Å². The molecule has 0 unspecified atom stereocenters. The molecule has 2 heterocycles. The summed E-state index contributed by atoms with van der Waals surface area (Å²) < 4.78 is 0. The van der Waals surface area contributed by atoms with E-state index in [0.29, 0.717) is 24.5 Å². The van der Waals surface area contributed by atoms with Gasteiger partial charge in [0.2, 0.25) is 11.9 Å². The van der Waals surface area contributed by atoms with Gasteiger partial charge in [0.25, 0.3) is 0 Å². The Labute approximate surface area is 127 Å². The summed E-state index contributed by atoms with van der Waals surface area (Å²) in [5.74, 6) is 0.334. The number of carbonyl (C=O) groups is 1. The normalized spacial score (nSPS) is 13.9. The third-order valence-electron chi connectivity index (χ3n) is 3.59. The smallest absolute Gasteiger partial charge is 0.227 e. The van der Waals surface area contributed by atoms with Crippen molar-refractivity contribution < 1.29 is 4.79 Å². The van der Waals surface area contributed by atoms with Crippen LogP contribution in [0.1, 0.15) is 16.8 Å². The predicted octanol–water partition coefficient (Wildman–Crippen LogP) is 1.84. The number of rotatable bonds is 2. The topological polar surface area (TPSA) is 72.1 Å². The lowest BCUT2D eigenvalue weighted by Crippen LogP contribution is -2.37. The van der Waals surface area contributed by atoms with E-state index in [2.05, 4.69) is 9.97 Å². The lowest BCUT2D eigenvalue weighted by atomic mass is 10.1. The molecule has 108 valence electrons. The van der Waals surface area contributed by atoms with Crippen LogP contribution in [0.5, 0.6) is 0 Å². The van der Waals surface area contributed by atoms with E-state index in [-0.39, 0.29) is 11.9 Å². The number of fused-ring (bicyclic) bond motifs is 1.